The van der Waals surface area contributed by atoms with Crippen LogP contribution in [0.2, 0.25) is 0 Å². The monoisotopic (exact) mass is 230 g/mol. The molecule has 94 valence electrons. The van der Waals surface area contributed by atoms with Gasteiger partial charge in [-0.25, -0.2) is 0 Å². The van der Waals surface area contributed by atoms with E-state index in [9.17, 15) is 4.79 Å². The Labute approximate surface area is 96.6 Å². The minimum atomic E-state index is -0.309. The first-order valence-corrected chi connectivity index (χ1v) is 5.81. The summed E-state index contributed by atoms with van der Waals surface area (Å²) in [6.45, 7) is 3.28. The Hall–Kier alpha value is -0.650. The molecule has 1 saturated heterocycles. The first-order valence-electron chi connectivity index (χ1n) is 5.81. The van der Waals surface area contributed by atoms with E-state index in [1.54, 1.807) is 7.11 Å². The van der Waals surface area contributed by atoms with Crippen molar-refractivity contribution < 1.29 is 14.6 Å². The summed E-state index contributed by atoms with van der Waals surface area (Å²) in [7, 11) is 1.55. The molecule has 16 heavy (non-hydrogen) atoms. The molecule has 1 heterocycles. The number of hydrogen-bond acceptors (Lipinski definition) is 4. The highest BCUT2D eigenvalue weighted by Crippen LogP contribution is 2.14. The number of nitrogens with one attached hydrogen (secondary N) is 2. The summed E-state index contributed by atoms with van der Waals surface area (Å²) in [5, 5.41) is 15.0. The zero-order valence-electron chi connectivity index (χ0n) is 10.0. The average molecular weight is 230 g/mol. The van der Waals surface area contributed by atoms with E-state index < -0.39 is 0 Å². The molecule has 0 bridgehead atoms. The molecule has 0 aliphatic carbocycles. The summed E-state index contributed by atoms with van der Waals surface area (Å²) in [4.78, 5) is 11.8. The second-order valence-corrected chi connectivity index (χ2v) is 4.48. The second kappa shape index (κ2) is 6.83. The molecule has 3 unspecified atom stereocenters. The molecule has 1 aliphatic rings. The van der Waals surface area contributed by atoms with Gasteiger partial charge in [0.05, 0.1) is 25.3 Å². The van der Waals surface area contributed by atoms with Crippen LogP contribution in [0.5, 0.6) is 0 Å². The molecule has 0 spiro atoms. The molecule has 1 fully saturated rings. The van der Waals surface area contributed by atoms with Crippen LogP contribution in [-0.4, -0.2) is 50.0 Å². The van der Waals surface area contributed by atoms with Crippen LogP contribution >= 0.6 is 0 Å². The molecule has 5 heteroatoms. The molecule has 5 nitrogen and oxygen atoms in total. The Kier molecular flexibility index (Phi) is 5.73. The molecule has 3 atom stereocenters. The van der Waals surface area contributed by atoms with Crippen molar-refractivity contribution in [3.8, 4) is 0 Å². The number of methoxy groups -OCH3 is 1. The molecule has 1 aliphatic heterocycles. The van der Waals surface area contributed by atoms with Gasteiger partial charge in [-0.3, -0.25) is 4.79 Å². The maximum Gasteiger partial charge on any atom is 0.237 e. The van der Waals surface area contributed by atoms with Crippen molar-refractivity contribution in [2.75, 3.05) is 26.9 Å². The Morgan fingerprint density at radius 3 is 3.00 bits per heavy atom. The third-order valence-electron chi connectivity index (χ3n) is 2.92. The van der Waals surface area contributed by atoms with Crippen molar-refractivity contribution in [2.24, 2.45) is 5.92 Å². The van der Waals surface area contributed by atoms with Crippen molar-refractivity contribution in [1.29, 1.82) is 0 Å². The van der Waals surface area contributed by atoms with E-state index in [0.717, 1.165) is 19.4 Å². The number of carbonyl (C=O) groups excluding carboxylic acids is 1. The summed E-state index contributed by atoms with van der Waals surface area (Å²) >= 11 is 0. The summed E-state index contributed by atoms with van der Waals surface area (Å²) in [5.41, 5.74) is 0. The third-order valence-corrected chi connectivity index (χ3v) is 2.92. The number of aliphatic hydroxyl groups excluding tert-OH is 1. The molecule has 3 N–H and O–H groups in total. The van der Waals surface area contributed by atoms with Gasteiger partial charge >= 0.3 is 0 Å². The van der Waals surface area contributed by atoms with Crippen LogP contribution in [-0.2, 0) is 9.53 Å². The van der Waals surface area contributed by atoms with Gasteiger partial charge in [-0.15, -0.1) is 0 Å². The highest BCUT2D eigenvalue weighted by atomic mass is 16.5. The van der Waals surface area contributed by atoms with Crippen molar-refractivity contribution in [3.63, 3.8) is 0 Å². The van der Waals surface area contributed by atoms with E-state index in [1.807, 2.05) is 0 Å². The summed E-state index contributed by atoms with van der Waals surface area (Å²) in [5.74, 6) is 0.537. The number of amides is 1. The maximum atomic E-state index is 11.8. The molecular weight excluding hydrogens is 208 g/mol. The van der Waals surface area contributed by atoms with Gasteiger partial charge in [-0.2, -0.15) is 0 Å². The molecule has 0 aromatic heterocycles. The van der Waals surface area contributed by atoms with Gasteiger partial charge < -0.3 is 20.5 Å². The highest BCUT2D eigenvalue weighted by molar-refractivity contribution is 5.82. The van der Waals surface area contributed by atoms with Gasteiger partial charge in [0.2, 0.25) is 5.91 Å². The quantitative estimate of drug-likeness (QED) is 0.595. The van der Waals surface area contributed by atoms with E-state index in [4.69, 9.17) is 9.84 Å². The third kappa shape index (κ3) is 4.08. The molecule has 1 rings (SSSR count). The van der Waals surface area contributed by atoms with Gasteiger partial charge in [0.1, 0.15) is 0 Å². The lowest BCUT2D eigenvalue weighted by Crippen LogP contribution is -2.52. The largest absolute Gasteiger partial charge is 0.394 e. The second-order valence-electron chi connectivity index (χ2n) is 4.48. The number of carbonyl (C=O) groups is 1. The fourth-order valence-electron chi connectivity index (χ4n) is 1.95. The lowest BCUT2D eigenvalue weighted by atomic mass is 9.94. The van der Waals surface area contributed by atoms with Crippen LogP contribution in [0.1, 0.15) is 19.8 Å². The van der Waals surface area contributed by atoms with Gasteiger partial charge in [-0.05, 0) is 25.3 Å². The number of ether oxygens (including phenoxy) is 1. The van der Waals surface area contributed by atoms with Crippen LogP contribution in [0.4, 0.5) is 0 Å². The van der Waals surface area contributed by atoms with E-state index >= 15 is 0 Å². The lowest BCUT2D eigenvalue weighted by molar-refractivity contribution is -0.125. The number of hydrogen-bond donors (Lipinski definition) is 3. The van der Waals surface area contributed by atoms with Gasteiger partial charge in [0.25, 0.3) is 0 Å². The predicted octanol–water partition coefficient (Wildman–Crippen LogP) is -0.502. The number of aliphatic hydroxyl groups is 1. The Balaban J connectivity index is 2.37. The summed E-state index contributed by atoms with van der Waals surface area (Å²) < 4.78 is 4.91. The first kappa shape index (κ1) is 13.4. The van der Waals surface area contributed by atoms with Crippen molar-refractivity contribution in [2.45, 2.75) is 31.8 Å². The van der Waals surface area contributed by atoms with Crippen LogP contribution in [0.15, 0.2) is 0 Å². The van der Waals surface area contributed by atoms with Crippen LogP contribution in [0.3, 0.4) is 0 Å². The zero-order valence-corrected chi connectivity index (χ0v) is 10.0. The maximum absolute atomic E-state index is 11.8. The summed E-state index contributed by atoms with van der Waals surface area (Å²) in [6, 6.07) is -0.439. The summed E-state index contributed by atoms with van der Waals surface area (Å²) in [6.07, 6.45) is 1.97. The van der Waals surface area contributed by atoms with E-state index in [-0.39, 0.29) is 24.6 Å². The van der Waals surface area contributed by atoms with E-state index in [0.29, 0.717) is 12.5 Å². The smallest absolute Gasteiger partial charge is 0.237 e. The SMILES string of the molecule is COCC(CO)NC(=O)C1CC(C)CCN1. The predicted molar refractivity (Wildman–Crippen MR) is 61.1 cm³/mol. The van der Waals surface area contributed by atoms with Crippen molar-refractivity contribution in [1.82, 2.24) is 10.6 Å². The first-order chi connectivity index (χ1) is 7.67. The fraction of sp³-hybridized carbons (Fsp3) is 0.909. The number of piperidine rings is 1. The zero-order chi connectivity index (χ0) is 12.0. The van der Waals surface area contributed by atoms with E-state index in [1.165, 1.54) is 0 Å². The van der Waals surface area contributed by atoms with Crippen LogP contribution in [0.25, 0.3) is 0 Å². The van der Waals surface area contributed by atoms with E-state index in [2.05, 4.69) is 17.6 Å². The molecule has 0 radical (unpaired) electrons. The minimum Gasteiger partial charge on any atom is -0.394 e. The molecule has 0 aromatic carbocycles. The number of rotatable bonds is 5. The molecule has 1 amide bonds. The average Bonchev–Trinajstić information content (AvgIpc) is 2.28. The highest BCUT2D eigenvalue weighted by Gasteiger charge is 2.25. The molecule has 0 aromatic rings. The lowest BCUT2D eigenvalue weighted by Gasteiger charge is -2.28. The fourth-order valence-corrected chi connectivity index (χ4v) is 1.95. The topological polar surface area (TPSA) is 70.6 Å². The molecular formula is C11H22N2O3. The Morgan fingerprint density at radius 2 is 2.44 bits per heavy atom. The van der Waals surface area contributed by atoms with Crippen molar-refractivity contribution >= 4 is 5.91 Å². The minimum absolute atomic E-state index is 0.0392. The normalized spacial score (nSPS) is 27.4. The molecule has 0 saturated carbocycles. The van der Waals surface area contributed by atoms with Gasteiger partial charge in [0.15, 0.2) is 0 Å². The van der Waals surface area contributed by atoms with Crippen LogP contribution in [0, 0.1) is 5.92 Å². The van der Waals surface area contributed by atoms with Gasteiger partial charge in [0, 0.05) is 7.11 Å². The Bertz CT molecular complexity index is 223. The standard InChI is InChI=1S/C11H22N2O3/c1-8-3-4-12-10(5-8)11(15)13-9(6-14)7-16-2/h8-10,12,14H,3-7H2,1-2H3,(H,13,15). The Morgan fingerprint density at radius 1 is 1.69 bits per heavy atom. The van der Waals surface area contributed by atoms with Gasteiger partial charge in [-0.1, -0.05) is 6.92 Å². The van der Waals surface area contributed by atoms with Crippen LogP contribution < -0.4 is 10.6 Å². The van der Waals surface area contributed by atoms with Crippen molar-refractivity contribution in [3.05, 3.63) is 0 Å².